The van der Waals surface area contributed by atoms with Gasteiger partial charge in [0.25, 0.3) is 0 Å². The Morgan fingerprint density at radius 1 is 1.00 bits per heavy atom. The normalized spacial score (nSPS) is 11.8. The van der Waals surface area contributed by atoms with Crippen LogP contribution in [0.4, 0.5) is 5.82 Å². The molecule has 0 saturated carbocycles. The Kier molecular flexibility index (Phi) is 32.4. The summed E-state index contributed by atoms with van der Waals surface area (Å²) < 4.78 is 2.59. The first-order valence-corrected chi connectivity index (χ1v) is 16.1. The number of unbranched alkanes of at least 4 members (excludes halogenated alkanes) is 1. The molecule has 7 heteroatoms. The minimum atomic E-state index is -0.254. The minimum Gasteiger partial charge on any atom is -0.370 e. The number of nitrogens with one attached hydrogen (secondary N) is 2. The Balaban J connectivity index is -0.000000559. The summed E-state index contributed by atoms with van der Waals surface area (Å²) in [5, 5.41) is 10.8. The van der Waals surface area contributed by atoms with Crippen LogP contribution in [0.25, 0.3) is 5.82 Å². The van der Waals surface area contributed by atoms with E-state index in [0.717, 1.165) is 67.3 Å². The molecule has 1 aromatic heterocycles. The number of hydrogen-bond acceptors (Lipinski definition) is 5. The van der Waals surface area contributed by atoms with Gasteiger partial charge in [0.05, 0.1) is 16.1 Å². The van der Waals surface area contributed by atoms with Gasteiger partial charge in [-0.05, 0) is 108 Å². The molecule has 0 amide bonds. The first kappa shape index (κ1) is 43.7. The number of benzene rings is 1. The zero-order valence-electron chi connectivity index (χ0n) is 28.2. The topological polar surface area (TPSA) is 71.3 Å². The highest BCUT2D eigenvalue weighted by atomic mass is 79.9. The van der Waals surface area contributed by atoms with Crippen LogP contribution >= 0.6 is 15.9 Å². The average Bonchev–Trinajstić information content (AvgIpc) is 3.43. The molecule has 6 nitrogen and oxygen atoms in total. The summed E-state index contributed by atoms with van der Waals surface area (Å²) in [7, 11) is 1.97. The predicted octanol–water partition coefficient (Wildman–Crippen LogP) is 9.91. The predicted molar refractivity (Wildman–Crippen MR) is 192 cm³/mol. The van der Waals surface area contributed by atoms with E-state index in [1.54, 1.807) is 10.9 Å². The lowest BCUT2D eigenvalue weighted by Crippen LogP contribution is -2.26. The van der Waals surface area contributed by atoms with Crippen molar-refractivity contribution in [1.82, 2.24) is 20.4 Å². The molecular weight excluding hydrogens is 586 g/mol. The van der Waals surface area contributed by atoms with Crippen molar-refractivity contribution in [3.8, 4) is 0 Å². The lowest BCUT2D eigenvalue weighted by molar-refractivity contribution is -0.113. The van der Waals surface area contributed by atoms with Gasteiger partial charge >= 0.3 is 0 Å². The molecule has 1 unspecified atom stereocenters. The smallest absolute Gasteiger partial charge is 0.171 e. The molecule has 1 heterocycles. The minimum absolute atomic E-state index is 0.254. The van der Waals surface area contributed by atoms with Crippen LogP contribution in [0.1, 0.15) is 100.0 Å². The largest absolute Gasteiger partial charge is 0.370 e. The highest BCUT2D eigenvalue weighted by Gasteiger charge is 2.28. The van der Waals surface area contributed by atoms with Crippen LogP contribution in [-0.2, 0) is 10.2 Å². The SMILES string of the molecule is C/C=C/C.C/C=C\C.C=Nc1c(Br)cnn1/C(=C\C)NCCCCNC.CC.CCCC(C=O)(CC)c1ccccc1. The number of carbonyl (C=O) groups excluding carboxylic acids is 1. The highest BCUT2D eigenvalue weighted by molar-refractivity contribution is 9.10. The van der Waals surface area contributed by atoms with Crippen molar-refractivity contribution >= 4 is 40.6 Å². The number of rotatable bonds is 13. The average molecular weight is 647 g/mol. The molecule has 238 valence electrons. The molecule has 1 atom stereocenters. The van der Waals surface area contributed by atoms with Gasteiger partial charge in [-0.25, -0.2) is 4.99 Å². The Morgan fingerprint density at radius 3 is 1.95 bits per heavy atom. The molecule has 1 aromatic carbocycles. The second-order valence-electron chi connectivity index (χ2n) is 8.87. The number of aliphatic imine (C=N–C) groups is 1. The number of allylic oxidation sites excluding steroid dienone is 5. The van der Waals surface area contributed by atoms with Crippen molar-refractivity contribution < 1.29 is 4.79 Å². The van der Waals surface area contributed by atoms with E-state index in [4.69, 9.17) is 0 Å². The molecule has 0 aliphatic heterocycles. The van der Waals surface area contributed by atoms with Crippen LogP contribution in [0.5, 0.6) is 0 Å². The second kappa shape index (κ2) is 31.2. The molecule has 0 spiro atoms. The fourth-order valence-corrected chi connectivity index (χ4v) is 3.92. The maximum absolute atomic E-state index is 11.2. The van der Waals surface area contributed by atoms with E-state index >= 15 is 0 Å². The molecule has 0 radical (unpaired) electrons. The van der Waals surface area contributed by atoms with Gasteiger partial charge in [-0.2, -0.15) is 9.78 Å². The van der Waals surface area contributed by atoms with Crippen molar-refractivity contribution in [1.29, 1.82) is 0 Å². The maximum Gasteiger partial charge on any atom is 0.171 e. The van der Waals surface area contributed by atoms with Gasteiger partial charge in [-0.1, -0.05) is 88.8 Å². The summed E-state index contributed by atoms with van der Waals surface area (Å²) in [6.07, 6.45) is 17.9. The Hall–Kier alpha value is -2.77. The van der Waals surface area contributed by atoms with E-state index in [-0.39, 0.29) is 5.41 Å². The van der Waals surface area contributed by atoms with Crippen LogP contribution in [0, 0.1) is 0 Å². The molecule has 0 fully saturated rings. The van der Waals surface area contributed by atoms with E-state index in [0.29, 0.717) is 5.82 Å². The summed E-state index contributed by atoms with van der Waals surface area (Å²) in [6.45, 7) is 23.7. The third-order valence-electron chi connectivity index (χ3n) is 6.08. The summed E-state index contributed by atoms with van der Waals surface area (Å²) in [5.74, 6) is 1.64. The second-order valence-corrected chi connectivity index (χ2v) is 9.73. The maximum atomic E-state index is 11.2. The fraction of sp³-hybridized carbons (Fsp3) is 0.514. The van der Waals surface area contributed by atoms with Crippen molar-refractivity contribution in [2.45, 2.75) is 99.8 Å². The number of nitrogens with zero attached hydrogens (tertiary/aromatic N) is 3. The molecule has 42 heavy (non-hydrogen) atoms. The zero-order valence-corrected chi connectivity index (χ0v) is 29.8. The zero-order chi connectivity index (χ0) is 32.7. The van der Waals surface area contributed by atoms with Gasteiger partial charge < -0.3 is 15.4 Å². The Morgan fingerprint density at radius 2 is 1.55 bits per heavy atom. The van der Waals surface area contributed by atoms with Crippen molar-refractivity contribution in [2.24, 2.45) is 4.99 Å². The van der Waals surface area contributed by atoms with Gasteiger partial charge in [0, 0.05) is 6.54 Å². The fourth-order valence-electron chi connectivity index (χ4n) is 3.54. The van der Waals surface area contributed by atoms with E-state index in [2.05, 4.69) is 57.2 Å². The van der Waals surface area contributed by atoms with Crippen molar-refractivity contribution in [3.05, 3.63) is 76.9 Å². The molecule has 0 aliphatic carbocycles. The molecular formula is C35H60BrN5O. The lowest BCUT2D eigenvalue weighted by Gasteiger charge is -2.26. The van der Waals surface area contributed by atoms with Crippen molar-refractivity contribution in [2.75, 3.05) is 20.1 Å². The van der Waals surface area contributed by atoms with E-state index in [9.17, 15) is 4.79 Å². The van der Waals surface area contributed by atoms with Gasteiger partial charge in [0.1, 0.15) is 12.1 Å². The van der Waals surface area contributed by atoms with E-state index < -0.39 is 0 Å². The van der Waals surface area contributed by atoms with E-state index in [1.165, 1.54) is 0 Å². The Labute approximate surface area is 267 Å². The van der Waals surface area contributed by atoms with Crippen LogP contribution in [0.2, 0.25) is 0 Å². The summed E-state index contributed by atoms with van der Waals surface area (Å²) in [4.78, 5) is 15.2. The van der Waals surface area contributed by atoms with Crippen LogP contribution in [0.3, 0.4) is 0 Å². The van der Waals surface area contributed by atoms with Crippen molar-refractivity contribution in [3.63, 3.8) is 0 Å². The first-order valence-electron chi connectivity index (χ1n) is 15.3. The van der Waals surface area contributed by atoms with Gasteiger partial charge in [0.15, 0.2) is 5.82 Å². The van der Waals surface area contributed by atoms with Crippen LogP contribution in [0.15, 0.2) is 76.4 Å². The molecule has 0 aliphatic rings. The standard InChI is InChI=1S/C13H18O.C12H20BrN5.2C4H8.C2H6/c1-3-10-13(4-2,11-14)12-8-6-5-7-9-12;1-4-11(16-8-6-5-7-14-2)18-12(15-3)10(13)9-17-18;2*1-3-4-2;1-2/h5-9,11H,3-4,10H2,1-2H3;4,9,14,16H,3,5-8H2,1-2H3;2*3-4H,1-2H3;1-2H3/b;11-4-;4-3+;4-3-;. The summed E-state index contributed by atoms with van der Waals surface area (Å²) >= 11 is 3.40. The number of carbonyl (C=O) groups is 1. The van der Waals surface area contributed by atoms with Crippen LogP contribution < -0.4 is 10.6 Å². The molecule has 2 rings (SSSR count). The van der Waals surface area contributed by atoms with Crippen LogP contribution in [-0.4, -0.2) is 42.9 Å². The van der Waals surface area contributed by atoms with Gasteiger partial charge in [-0.15, -0.1) is 0 Å². The number of halogens is 1. The number of hydrogen-bond donors (Lipinski definition) is 2. The third kappa shape index (κ3) is 18.6. The first-order chi connectivity index (χ1) is 20.4. The number of aromatic nitrogens is 2. The van der Waals surface area contributed by atoms with Gasteiger partial charge in [-0.3, -0.25) is 0 Å². The molecule has 0 saturated heterocycles. The quantitative estimate of drug-likeness (QED) is 0.0984. The Bertz CT molecular complexity index is 965. The monoisotopic (exact) mass is 645 g/mol. The third-order valence-corrected chi connectivity index (χ3v) is 6.64. The molecule has 2 N–H and O–H groups in total. The summed E-state index contributed by atoms with van der Waals surface area (Å²) in [6, 6.07) is 10.1. The summed E-state index contributed by atoms with van der Waals surface area (Å²) in [5.41, 5.74) is 0.898. The molecule has 2 aromatic rings. The van der Waals surface area contributed by atoms with Gasteiger partial charge in [0.2, 0.25) is 0 Å². The molecule has 0 bridgehead atoms. The lowest BCUT2D eigenvalue weighted by atomic mass is 9.76. The number of aldehydes is 1. The van der Waals surface area contributed by atoms with E-state index in [1.807, 2.05) is 116 Å². The highest BCUT2D eigenvalue weighted by Crippen LogP contribution is 2.30.